The molecule has 3 nitrogen and oxygen atoms in total. The van der Waals surface area contributed by atoms with Gasteiger partial charge in [0.15, 0.2) is 0 Å². The van der Waals surface area contributed by atoms with Crippen LogP contribution >= 0.6 is 0 Å². The number of carbonyl (C=O) groups excluding carboxylic acids is 1. The van der Waals surface area contributed by atoms with Crippen LogP contribution in [0, 0.1) is 13.8 Å². The van der Waals surface area contributed by atoms with Crippen molar-refractivity contribution >= 4 is 5.91 Å². The van der Waals surface area contributed by atoms with E-state index >= 15 is 0 Å². The Hall–Kier alpha value is -1.35. The van der Waals surface area contributed by atoms with Crippen molar-refractivity contribution in [3.05, 3.63) is 34.9 Å². The second kappa shape index (κ2) is 5.53. The minimum atomic E-state index is 0.186. The standard InChI is InChI=1S/C15H22N2O/c1-11-6-12(2)8-14(7-11)9-15-10-16-4-5-17(15)13(3)18/h6-8,15-16H,4-5,9-10H2,1-3H3. The van der Waals surface area contributed by atoms with Gasteiger partial charge in [-0.05, 0) is 25.8 Å². The van der Waals surface area contributed by atoms with Crippen LogP contribution in [-0.2, 0) is 11.2 Å². The number of nitrogens with zero attached hydrogens (tertiary/aromatic N) is 1. The van der Waals surface area contributed by atoms with Crippen LogP contribution in [0.15, 0.2) is 18.2 Å². The maximum absolute atomic E-state index is 11.6. The van der Waals surface area contributed by atoms with Crippen LogP contribution in [0.1, 0.15) is 23.6 Å². The summed E-state index contributed by atoms with van der Waals surface area (Å²) in [5, 5.41) is 3.38. The molecule has 1 heterocycles. The van der Waals surface area contributed by atoms with E-state index in [-0.39, 0.29) is 11.9 Å². The van der Waals surface area contributed by atoms with Gasteiger partial charge < -0.3 is 10.2 Å². The van der Waals surface area contributed by atoms with Crippen molar-refractivity contribution in [2.24, 2.45) is 0 Å². The van der Waals surface area contributed by atoms with Crippen LogP contribution < -0.4 is 5.32 Å². The minimum absolute atomic E-state index is 0.186. The molecular formula is C15H22N2O. The lowest BCUT2D eigenvalue weighted by Crippen LogP contribution is -2.53. The predicted octanol–water partition coefficient (Wildman–Crippen LogP) is 1.67. The predicted molar refractivity (Wildman–Crippen MR) is 73.7 cm³/mol. The zero-order valence-corrected chi connectivity index (χ0v) is 11.5. The first-order valence-corrected chi connectivity index (χ1v) is 6.61. The van der Waals surface area contributed by atoms with Crippen molar-refractivity contribution in [3.63, 3.8) is 0 Å². The third-order valence-electron chi connectivity index (χ3n) is 3.51. The monoisotopic (exact) mass is 246 g/mol. The molecule has 1 fully saturated rings. The molecule has 1 aromatic rings. The van der Waals surface area contributed by atoms with Gasteiger partial charge in [-0.1, -0.05) is 29.3 Å². The smallest absolute Gasteiger partial charge is 0.219 e. The molecule has 1 atom stereocenters. The Balaban J connectivity index is 2.13. The van der Waals surface area contributed by atoms with Gasteiger partial charge in [0.2, 0.25) is 5.91 Å². The molecule has 1 amide bonds. The fourth-order valence-corrected chi connectivity index (χ4v) is 2.82. The molecule has 1 unspecified atom stereocenters. The van der Waals surface area contributed by atoms with Crippen molar-refractivity contribution in [3.8, 4) is 0 Å². The van der Waals surface area contributed by atoms with E-state index in [9.17, 15) is 4.79 Å². The second-order valence-corrected chi connectivity index (χ2v) is 5.27. The Morgan fingerprint density at radius 3 is 2.61 bits per heavy atom. The van der Waals surface area contributed by atoms with Crippen LogP contribution in [0.5, 0.6) is 0 Å². The maximum Gasteiger partial charge on any atom is 0.219 e. The Labute approximate surface area is 109 Å². The lowest BCUT2D eigenvalue weighted by Gasteiger charge is -2.35. The Morgan fingerprint density at radius 1 is 1.33 bits per heavy atom. The van der Waals surface area contributed by atoms with Gasteiger partial charge in [-0.2, -0.15) is 0 Å². The molecule has 0 aromatic heterocycles. The molecule has 1 saturated heterocycles. The van der Waals surface area contributed by atoms with Gasteiger partial charge in [0.05, 0.1) is 0 Å². The third-order valence-corrected chi connectivity index (χ3v) is 3.51. The highest BCUT2D eigenvalue weighted by Crippen LogP contribution is 2.15. The molecule has 0 aliphatic carbocycles. The lowest BCUT2D eigenvalue weighted by atomic mass is 9.99. The number of hydrogen-bond acceptors (Lipinski definition) is 2. The SMILES string of the molecule is CC(=O)N1CCNCC1Cc1cc(C)cc(C)c1. The number of amides is 1. The van der Waals surface area contributed by atoms with Gasteiger partial charge in [0.1, 0.15) is 0 Å². The first kappa shape index (κ1) is 13.1. The Bertz CT molecular complexity index is 422. The molecule has 18 heavy (non-hydrogen) atoms. The normalized spacial score (nSPS) is 19.9. The van der Waals surface area contributed by atoms with Crippen LogP contribution in [0.25, 0.3) is 0 Å². The highest BCUT2D eigenvalue weighted by atomic mass is 16.2. The van der Waals surface area contributed by atoms with Crippen molar-refractivity contribution in [1.82, 2.24) is 10.2 Å². The highest BCUT2D eigenvalue weighted by Gasteiger charge is 2.24. The van der Waals surface area contributed by atoms with Gasteiger partial charge >= 0.3 is 0 Å². The lowest BCUT2D eigenvalue weighted by molar-refractivity contribution is -0.131. The van der Waals surface area contributed by atoms with Crippen LogP contribution in [-0.4, -0.2) is 36.5 Å². The van der Waals surface area contributed by atoms with Crippen molar-refractivity contribution in [2.75, 3.05) is 19.6 Å². The van der Waals surface area contributed by atoms with Crippen LogP contribution in [0.3, 0.4) is 0 Å². The van der Waals surface area contributed by atoms with Crippen molar-refractivity contribution in [2.45, 2.75) is 33.2 Å². The average molecular weight is 246 g/mol. The van der Waals surface area contributed by atoms with Crippen molar-refractivity contribution < 1.29 is 4.79 Å². The zero-order valence-electron chi connectivity index (χ0n) is 11.5. The summed E-state index contributed by atoms with van der Waals surface area (Å²) in [5.74, 6) is 0.186. The quantitative estimate of drug-likeness (QED) is 0.861. The van der Waals surface area contributed by atoms with Gasteiger partial charge in [-0.25, -0.2) is 0 Å². The summed E-state index contributed by atoms with van der Waals surface area (Å²) in [7, 11) is 0. The number of hydrogen-bond donors (Lipinski definition) is 1. The summed E-state index contributed by atoms with van der Waals surface area (Å²) < 4.78 is 0. The summed E-state index contributed by atoms with van der Waals surface area (Å²) in [6, 6.07) is 6.92. The van der Waals surface area contributed by atoms with Crippen molar-refractivity contribution in [1.29, 1.82) is 0 Å². The first-order valence-electron chi connectivity index (χ1n) is 6.61. The molecular weight excluding hydrogens is 224 g/mol. The van der Waals surface area contributed by atoms with Gasteiger partial charge in [-0.3, -0.25) is 4.79 Å². The summed E-state index contributed by atoms with van der Waals surface area (Å²) in [6.45, 7) is 8.54. The molecule has 0 radical (unpaired) electrons. The molecule has 0 bridgehead atoms. The molecule has 0 spiro atoms. The van der Waals surface area contributed by atoms with Gasteiger partial charge in [0.25, 0.3) is 0 Å². The molecule has 1 aliphatic heterocycles. The largest absolute Gasteiger partial charge is 0.337 e. The van der Waals surface area contributed by atoms with E-state index in [1.165, 1.54) is 16.7 Å². The molecule has 3 heteroatoms. The van der Waals surface area contributed by atoms with Gasteiger partial charge in [0, 0.05) is 32.6 Å². The fourth-order valence-electron chi connectivity index (χ4n) is 2.82. The third kappa shape index (κ3) is 3.10. The fraction of sp³-hybridized carbons (Fsp3) is 0.533. The molecule has 2 rings (SSSR count). The van der Waals surface area contributed by atoms with Gasteiger partial charge in [-0.15, -0.1) is 0 Å². The van der Waals surface area contributed by atoms with Crippen LogP contribution in [0.2, 0.25) is 0 Å². The molecule has 98 valence electrons. The molecule has 1 aliphatic rings. The van der Waals surface area contributed by atoms with E-state index in [0.29, 0.717) is 0 Å². The van der Waals surface area contributed by atoms with E-state index in [1.54, 1.807) is 6.92 Å². The number of carbonyl (C=O) groups is 1. The topological polar surface area (TPSA) is 32.3 Å². The minimum Gasteiger partial charge on any atom is -0.337 e. The number of aryl methyl sites for hydroxylation is 2. The summed E-state index contributed by atoms with van der Waals surface area (Å²) >= 11 is 0. The zero-order chi connectivity index (χ0) is 13.1. The summed E-state index contributed by atoms with van der Waals surface area (Å²) in [6.07, 6.45) is 0.940. The van der Waals surface area contributed by atoms with E-state index in [2.05, 4.69) is 37.4 Å². The number of piperazine rings is 1. The molecule has 1 N–H and O–H groups in total. The molecule has 0 saturated carbocycles. The number of benzene rings is 1. The van der Waals surface area contributed by atoms with E-state index < -0.39 is 0 Å². The maximum atomic E-state index is 11.6. The average Bonchev–Trinajstić information content (AvgIpc) is 2.27. The summed E-state index contributed by atoms with van der Waals surface area (Å²) in [5.41, 5.74) is 3.92. The first-order chi connectivity index (χ1) is 8.56. The number of nitrogens with one attached hydrogen (secondary N) is 1. The second-order valence-electron chi connectivity index (χ2n) is 5.27. The number of rotatable bonds is 2. The Morgan fingerprint density at radius 2 is 2.00 bits per heavy atom. The molecule has 1 aromatic carbocycles. The Kier molecular flexibility index (Phi) is 4.02. The van der Waals surface area contributed by atoms with E-state index in [4.69, 9.17) is 0 Å². The van der Waals surface area contributed by atoms with E-state index in [1.807, 2.05) is 4.90 Å². The van der Waals surface area contributed by atoms with Crippen LogP contribution in [0.4, 0.5) is 0 Å². The summed E-state index contributed by atoms with van der Waals surface area (Å²) in [4.78, 5) is 13.6. The highest BCUT2D eigenvalue weighted by molar-refractivity contribution is 5.73. The van der Waals surface area contributed by atoms with E-state index in [0.717, 1.165) is 26.1 Å².